The average molecular weight is 305 g/mol. The quantitative estimate of drug-likeness (QED) is 0.780. The van der Waals surface area contributed by atoms with Gasteiger partial charge in [-0.05, 0) is 61.7 Å². The molecule has 4 heteroatoms. The summed E-state index contributed by atoms with van der Waals surface area (Å²) in [6.07, 6.45) is 2.28. The summed E-state index contributed by atoms with van der Waals surface area (Å²) in [7, 11) is 0. The highest BCUT2D eigenvalue weighted by atomic mass is 79.9. The summed E-state index contributed by atoms with van der Waals surface area (Å²) >= 11 is 5.14. The number of esters is 1. The first-order valence-electron chi connectivity index (χ1n) is 5.33. The van der Waals surface area contributed by atoms with Crippen molar-refractivity contribution in [3.63, 3.8) is 0 Å². The summed E-state index contributed by atoms with van der Waals surface area (Å²) in [4.78, 5) is 12.7. The van der Waals surface area contributed by atoms with Crippen molar-refractivity contribution in [3.8, 4) is 0 Å². The highest BCUT2D eigenvalue weighted by Crippen LogP contribution is 2.23. The molecule has 0 aliphatic carbocycles. The molecule has 0 N–H and O–H groups in total. The van der Waals surface area contributed by atoms with E-state index in [0.29, 0.717) is 6.42 Å². The van der Waals surface area contributed by atoms with Crippen LogP contribution in [-0.2, 0) is 16.0 Å². The number of ether oxygens (including phenoxy) is 1. The van der Waals surface area contributed by atoms with Gasteiger partial charge < -0.3 is 4.74 Å². The zero-order valence-corrected chi connectivity index (χ0v) is 12.3. The normalized spacial score (nSPS) is 11.5. The van der Waals surface area contributed by atoms with Gasteiger partial charge in [0.05, 0.1) is 3.79 Å². The van der Waals surface area contributed by atoms with E-state index in [1.165, 1.54) is 4.88 Å². The van der Waals surface area contributed by atoms with Gasteiger partial charge in [0.15, 0.2) is 0 Å². The van der Waals surface area contributed by atoms with Crippen LogP contribution >= 0.6 is 27.3 Å². The molecule has 1 rings (SSSR count). The fourth-order valence-electron chi connectivity index (χ4n) is 1.29. The van der Waals surface area contributed by atoms with E-state index in [1.807, 2.05) is 26.8 Å². The summed E-state index contributed by atoms with van der Waals surface area (Å²) in [6.45, 7) is 5.67. The lowest BCUT2D eigenvalue weighted by Crippen LogP contribution is -2.23. The minimum atomic E-state index is -0.372. The molecule has 0 saturated heterocycles. The largest absolute Gasteiger partial charge is 0.460 e. The Balaban J connectivity index is 2.23. The second-order valence-electron chi connectivity index (χ2n) is 4.65. The molecule has 0 atom stereocenters. The Kier molecular flexibility index (Phi) is 4.99. The Bertz CT molecular complexity index is 352. The minimum Gasteiger partial charge on any atom is -0.460 e. The molecule has 0 fully saturated rings. The highest BCUT2D eigenvalue weighted by Gasteiger charge is 2.15. The van der Waals surface area contributed by atoms with Gasteiger partial charge in [0.25, 0.3) is 0 Å². The van der Waals surface area contributed by atoms with E-state index >= 15 is 0 Å². The van der Waals surface area contributed by atoms with Gasteiger partial charge in [-0.3, -0.25) is 4.79 Å². The van der Waals surface area contributed by atoms with Crippen LogP contribution in [0.1, 0.15) is 38.5 Å². The Labute approximate surface area is 109 Å². The Morgan fingerprint density at radius 1 is 1.44 bits per heavy atom. The van der Waals surface area contributed by atoms with Crippen LogP contribution < -0.4 is 0 Å². The van der Waals surface area contributed by atoms with Gasteiger partial charge in [-0.2, -0.15) is 0 Å². The summed E-state index contributed by atoms with van der Waals surface area (Å²) in [6, 6.07) is 4.12. The minimum absolute atomic E-state index is 0.108. The summed E-state index contributed by atoms with van der Waals surface area (Å²) < 4.78 is 6.37. The molecule has 0 radical (unpaired) electrons. The molecular formula is C12H17BrO2S. The van der Waals surface area contributed by atoms with Crippen molar-refractivity contribution in [2.24, 2.45) is 0 Å². The molecule has 1 aromatic rings. The van der Waals surface area contributed by atoms with Crippen LogP contribution in [0.4, 0.5) is 0 Å². The van der Waals surface area contributed by atoms with Crippen molar-refractivity contribution in [2.75, 3.05) is 0 Å². The smallest absolute Gasteiger partial charge is 0.306 e. The van der Waals surface area contributed by atoms with Gasteiger partial charge in [0.1, 0.15) is 5.60 Å². The summed E-state index contributed by atoms with van der Waals surface area (Å²) in [5, 5.41) is 0. The van der Waals surface area contributed by atoms with E-state index < -0.39 is 0 Å². The standard InChI is InChI=1S/C12H17BrO2S/c1-12(2,3)15-11(14)6-4-5-9-7-8-10(13)16-9/h7-8H,4-6H2,1-3H3. The van der Waals surface area contributed by atoms with Gasteiger partial charge in [0, 0.05) is 11.3 Å². The first kappa shape index (κ1) is 13.7. The van der Waals surface area contributed by atoms with E-state index in [1.54, 1.807) is 11.3 Å². The van der Waals surface area contributed by atoms with Crippen LogP contribution in [0.5, 0.6) is 0 Å². The fraction of sp³-hybridized carbons (Fsp3) is 0.583. The van der Waals surface area contributed by atoms with Crippen molar-refractivity contribution in [1.82, 2.24) is 0 Å². The molecule has 0 aliphatic heterocycles. The molecule has 0 amide bonds. The number of carbonyl (C=O) groups is 1. The molecule has 0 unspecified atom stereocenters. The zero-order valence-electron chi connectivity index (χ0n) is 9.88. The maximum atomic E-state index is 11.4. The number of rotatable bonds is 4. The summed E-state index contributed by atoms with van der Waals surface area (Å²) in [5.41, 5.74) is -0.372. The monoisotopic (exact) mass is 304 g/mol. The van der Waals surface area contributed by atoms with Crippen molar-refractivity contribution in [1.29, 1.82) is 0 Å². The van der Waals surface area contributed by atoms with Gasteiger partial charge >= 0.3 is 5.97 Å². The third-order valence-corrected chi connectivity index (χ3v) is 3.54. The van der Waals surface area contributed by atoms with Crippen molar-refractivity contribution in [2.45, 2.75) is 45.6 Å². The number of hydrogen-bond acceptors (Lipinski definition) is 3. The Morgan fingerprint density at radius 2 is 2.12 bits per heavy atom. The topological polar surface area (TPSA) is 26.3 Å². The van der Waals surface area contributed by atoms with Gasteiger partial charge in [0.2, 0.25) is 0 Å². The lowest BCUT2D eigenvalue weighted by Gasteiger charge is -2.19. The highest BCUT2D eigenvalue weighted by molar-refractivity contribution is 9.11. The Hall–Kier alpha value is -0.350. The van der Waals surface area contributed by atoms with Crippen molar-refractivity contribution < 1.29 is 9.53 Å². The molecule has 90 valence electrons. The predicted octanol–water partition coefficient (Wildman–Crippen LogP) is 4.18. The van der Waals surface area contributed by atoms with Gasteiger partial charge in [-0.15, -0.1) is 11.3 Å². The number of aryl methyl sites for hydroxylation is 1. The third-order valence-electron chi connectivity index (χ3n) is 1.85. The second kappa shape index (κ2) is 5.82. The predicted molar refractivity (Wildman–Crippen MR) is 70.8 cm³/mol. The molecule has 16 heavy (non-hydrogen) atoms. The third kappa shape index (κ3) is 5.66. The lowest BCUT2D eigenvalue weighted by molar-refractivity contribution is -0.154. The number of thiophene rings is 1. The van der Waals surface area contributed by atoms with Crippen molar-refractivity contribution in [3.05, 3.63) is 20.8 Å². The molecule has 0 saturated carbocycles. The molecular weight excluding hydrogens is 288 g/mol. The Morgan fingerprint density at radius 3 is 2.62 bits per heavy atom. The zero-order chi connectivity index (χ0) is 12.2. The van der Waals surface area contributed by atoms with Crippen molar-refractivity contribution >= 4 is 33.2 Å². The first-order chi connectivity index (χ1) is 7.37. The van der Waals surface area contributed by atoms with Crippen LogP contribution in [0.2, 0.25) is 0 Å². The average Bonchev–Trinajstić information content (AvgIpc) is 2.48. The van der Waals surface area contributed by atoms with Gasteiger partial charge in [-0.1, -0.05) is 0 Å². The molecule has 0 aliphatic rings. The second-order valence-corrected chi connectivity index (χ2v) is 7.19. The molecule has 0 bridgehead atoms. The van der Waals surface area contributed by atoms with Crippen LogP contribution in [0, 0.1) is 0 Å². The van der Waals surface area contributed by atoms with Crippen LogP contribution in [0.3, 0.4) is 0 Å². The van der Waals surface area contributed by atoms with E-state index in [9.17, 15) is 4.79 Å². The molecule has 0 aromatic carbocycles. The van der Waals surface area contributed by atoms with E-state index in [-0.39, 0.29) is 11.6 Å². The number of hydrogen-bond donors (Lipinski definition) is 0. The maximum absolute atomic E-state index is 11.4. The number of carbonyl (C=O) groups excluding carboxylic acids is 1. The molecule has 1 aromatic heterocycles. The van der Waals surface area contributed by atoms with E-state index in [0.717, 1.165) is 16.6 Å². The van der Waals surface area contributed by atoms with Crippen LogP contribution in [-0.4, -0.2) is 11.6 Å². The SMILES string of the molecule is CC(C)(C)OC(=O)CCCc1ccc(Br)s1. The van der Waals surface area contributed by atoms with Gasteiger partial charge in [-0.25, -0.2) is 0 Å². The van der Waals surface area contributed by atoms with Crippen LogP contribution in [0.15, 0.2) is 15.9 Å². The van der Waals surface area contributed by atoms with E-state index in [2.05, 4.69) is 22.0 Å². The van der Waals surface area contributed by atoms with E-state index in [4.69, 9.17) is 4.74 Å². The molecule has 0 spiro atoms. The number of halogens is 1. The van der Waals surface area contributed by atoms with Crippen LogP contribution in [0.25, 0.3) is 0 Å². The molecule has 2 nitrogen and oxygen atoms in total. The molecule has 1 heterocycles. The lowest BCUT2D eigenvalue weighted by atomic mass is 10.2. The first-order valence-corrected chi connectivity index (χ1v) is 6.94. The summed E-state index contributed by atoms with van der Waals surface area (Å²) in [5.74, 6) is -0.108. The fourth-order valence-corrected chi connectivity index (χ4v) is 2.81. The maximum Gasteiger partial charge on any atom is 0.306 e.